The van der Waals surface area contributed by atoms with Crippen LogP contribution in [0.2, 0.25) is 0 Å². The van der Waals surface area contributed by atoms with Crippen LogP contribution in [0.1, 0.15) is 43.2 Å². The van der Waals surface area contributed by atoms with E-state index in [1.54, 1.807) is 6.20 Å². The number of hydrogen-bond acceptors (Lipinski definition) is 2. The average Bonchev–Trinajstić information content (AvgIpc) is 3.21. The molecule has 0 bridgehead atoms. The quantitative estimate of drug-likeness (QED) is 0.750. The third-order valence-electron chi connectivity index (χ3n) is 5.13. The molecule has 1 aromatic carbocycles. The van der Waals surface area contributed by atoms with E-state index in [9.17, 15) is 4.79 Å². The van der Waals surface area contributed by atoms with Crippen LogP contribution in [-0.4, -0.2) is 17.4 Å². The Morgan fingerprint density at radius 2 is 1.71 bits per heavy atom. The van der Waals surface area contributed by atoms with Gasteiger partial charge in [-0.05, 0) is 42.5 Å². The van der Waals surface area contributed by atoms with E-state index in [1.807, 2.05) is 47.4 Å². The second kappa shape index (κ2) is 6.13. The number of anilines is 1. The minimum absolute atomic E-state index is 0.213. The molecule has 2 heterocycles. The number of aromatic nitrogens is 1. The molecule has 0 radical (unpaired) electrons. The second-order valence-corrected chi connectivity index (χ2v) is 6.88. The summed E-state index contributed by atoms with van der Waals surface area (Å²) < 4.78 is 0. The smallest absolute Gasteiger partial charge is 0.228 e. The summed E-state index contributed by atoms with van der Waals surface area (Å²) in [5.41, 5.74) is 2.06. The monoisotopic (exact) mass is 316 g/mol. The Morgan fingerprint density at radius 3 is 2.42 bits per heavy atom. The molecule has 1 aliphatic heterocycles. The van der Waals surface area contributed by atoms with Crippen LogP contribution < -0.4 is 4.90 Å². The highest BCUT2D eigenvalue weighted by Gasteiger charge is 2.45. The fraction of sp³-hybridized carbons (Fsp3) is 0.333. The Hall–Kier alpha value is -2.60. The zero-order chi connectivity index (χ0) is 16.4. The standard InChI is InChI=1S/C21H20N2O/c24-20-14-21(12-4-5-13-21)16-23(20)19-11-10-18(15-22-19)9-8-17-6-2-1-3-7-17/h1-3,6-7,10-11,15H,4-5,12-14,16H2. The first-order valence-electron chi connectivity index (χ1n) is 8.58. The number of pyridine rings is 1. The van der Waals surface area contributed by atoms with Gasteiger partial charge in [0.2, 0.25) is 5.91 Å². The average molecular weight is 316 g/mol. The summed E-state index contributed by atoms with van der Waals surface area (Å²) in [6.07, 6.45) is 7.30. The molecule has 0 atom stereocenters. The van der Waals surface area contributed by atoms with Gasteiger partial charge in [0.25, 0.3) is 0 Å². The number of carbonyl (C=O) groups is 1. The SMILES string of the molecule is O=C1CC2(CCCC2)CN1c1ccc(C#Cc2ccccc2)cn1. The lowest BCUT2D eigenvalue weighted by Crippen LogP contribution is -2.27. The Bertz CT molecular complexity index is 793. The molecule has 2 fully saturated rings. The van der Waals surface area contributed by atoms with Gasteiger partial charge < -0.3 is 0 Å². The number of nitrogens with zero attached hydrogens (tertiary/aromatic N) is 2. The molecule has 2 aliphatic rings. The number of rotatable bonds is 1. The maximum Gasteiger partial charge on any atom is 0.228 e. The summed E-state index contributed by atoms with van der Waals surface area (Å²) in [5, 5.41) is 0. The lowest BCUT2D eigenvalue weighted by atomic mass is 9.85. The van der Waals surface area contributed by atoms with E-state index in [0.717, 1.165) is 23.5 Å². The number of amides is 1. The predicted molar refractivity (Wildman–Crippen MR) is 94.5 cm³/mol. The van der Waals surface area contributed by atoms with Crippen LogP contribution in [0.15, 0.2) is 48.7 Å². The first kappa shape index (κ1) is 15.0. The molecular weight excluding hydrogens is 296 g/mol. The van der Waals surface area contributed by atoms with E-state index in [-0.39, 0.29) is 11.3 Å². The summed E-state index contributed by atoms with van der Waals surface area (Å²) in [5.74, 6) is 7.22. The second-order valence-electron chi connectivity index (χ2n) is 6.88. The molecule has 1 spiro atoms. The van der Waals surface area contributed by atoms with Crippen LogP contribution in [0.3, 0.4) is 0 Å². The lowest BCUT2D eigenvalue weighted by molar-refractivity contribution is -0.117. The van der Waals surface area contributed by atoms with E-state index in [0.29, 0.717) is 6.42 Å². The number of benzene rings is 1. The molecule has 120 valence electrons. The number of carbonyl (C=O) groups excluding carboxylic acids is 1. The van der Waals surface area contributed by atoms with Crippen molar-refractivity contribution < 1.29 is 4.79 Å². The molecule has 1 saturated carbocycles. The molecule has 1 amide bonds. The van der Waals surface area contributed by atoms with Crippen molar-refractivity contribution >= 4 is 11.7 Å². The summed E-state index contributed by atoms with van der Waals surface area (Å²) in [6.45, 7) is 0.827. The third-order valence-corrected chi connectivity index (χ3v) is 5.13. The molecule has 1 saturated heterocycles. The highest BCUT2D eigenvalue weighted by Crippen LogP contribution is 2.46. The van der Waals surface area contributed by atoms with Crippen molar-refractivity contribution in [2.24, 2.45) is 5.41 Å². The molecule has 2 aromatic rings. The predicted octanol–water partition coefficient (Wildman–Crippen LogP) is 3.78. The van der Waals surface area contributed by atoms with E-state index in [4.69, 9.17) is 0 Å². The largest absolute Gasteiger partial charge is 0.296 e. The van der Waals surface area contributed by atoms with Gasteiger partial charge in [-0.25, -0.2) is 4.98 Å². The van der Waals surface area contributed by atoms with E-state index < -0.39 is 0 Å². The van der Waals surface area contributed by atoms with Gasteiger partial charge in [-0.1, -0.05) is 42.9 Å². The van der Waals surface area contributed by atoms with Crippen molar-refractivity contribution in [1.29, 1.82) is 0 Å². The van der Waals surface area contributed by atoms with Crippen LogP contribution in [0, 0.1) is 17.3 Å². The van der Waals surface area contributed by atoms with Gasteiger partial charge in [0, 0.05) is 30.3 Å². The molecule has 0 unspecified atom stereocenters. The van der Waals surface area contributed by atoms with E-state index in [1.165, 1.54) is 25.7 Å². The minimum Gasteiger partial charge on any atom is -0.296 e. The summed E-state index contributed by atoms with van der Waals surface area (Å²) in [4.78, 5) is 18.7. The van der Waals surface area contributed by atoms with Gasteiger partial charge in [0.1, 0.15) is 5.82 Å². The molecule has 4 rings (SSSR count). The number of hydrogen-bond donors (Lipinski definition) is 0. The molecule has 3 heteroatoms. The molecule has 1 aliphatic carbocycles. The van der Waals surface area contributed by atoms with Gasteiger partial charge in [-0.3, -0.25) is 9.69 Å². The van der Waals surface area contributed by atoms with Crippen LogP contribution in [0.5, 0.6) is 0 Å². The summed E-state index contributed by atoms with van der Waals surface area (Å²) in [6, 6.07) is 13.8. The summed E-state index contributed by atoms with van der Waals surface area (Å²) >= 11 is 0. The first-order valence-corrected chi connectivity index (χ1v) is 8.58. The van der Waals surface area contributed by atoms with Crippen molar-refractivity contribution in [3.05, 3.63) is 59.8 Å². The fourth-order valence-electron chi connectivity index (χ4n) is 3.85. The zero-order valence-corrected chi connectivity index (χ0v) is 13.7. The van der Waals surface area contributed by atoms with E-state index >= 15 is 0 Å². The Kier molecular flexibility index (Phi) is 3.82. The van der Waals surface area contributed by atoms with Crippen molar-refractivity contribution in [1.82, 2.24) is 4.98 Å². The Morgan fingerprint density at radius 1 is 0.958 bits per heavy atom. The van der Waals surface area contributed by atoms with Gasteiger partial charge >= 0.3 is 0 Å². The Labute approximate surface area is 142 Å². The van der Waals surface area contributed by atoms with Gasteiger partial charge in [0.15, 0.2) is 0 Å². The van der Waals surface area contributed by atoms with Gasteiger partial charge in [0.05, 0.1) is 0 Å². The fourth-order valence-corrected chi connectivity index (χ4v) is 3.85. The third kappa shape index (κ3) is 2.92. The lowest BCUT2D eigenvalue weighted by Gasteiger charge is -2.22. The zero-order valence-electron chi connectivity index (χ0n) is 13.7. The maximum atomic E-state index is 12.4. The summed E-state index contributed by atoms with van der Waals surface area (Å²) in [7, 11) is 0. The first-order chi connectivity index (χ1) is 11.7. The normalized spacial score (nSPS) is 18.7. The molecule has 0 N–H and O–H groups in total. The maximum absolute atomic E-state index is 12.4. The Balaban J connectivity index is 1.50. The van der Waals surface area contributed by atoms with Crippen molar-refractivity contribution in [3.8, 4) is 11.8 Å². The molecular formula is C21H20N2O. The van der Waals surface area contributed by atoms with Crippen LogP contribution in [0.4, 0.5) is 5.82 Å². The van der Waals surface area contributed by atoms with Crippen molar-refractivity contribution in [2.45, 2.75) is 32.1 Å². The molecule has 3 nitrogen and oxygen atoms in total. The highest BCUT2D eigenvalue weighted by molar-refractivity contribution is 5.95. The van der Waals surface area contributed by atoms with Crippen molar-refractivity contribution in [3.63, 3.8) is 0 Å². The minimum atomic E-state index is 0.213. The van der Waals surface area contributed by atoms with Crippen LogP contribution in [-0.2, 0) is 4.79 Å². The van der Waals surface area contributed by atoms with Crippen molar-refractivity contribution in [2.75, 3.05) is 11.4 Å². The van der Waals surface area contributed by atoms with Crippen LogP contribution in [0.25, 0.3) is 0 Å². The highest BCUT2D eigenvalue weighted by atomic mass is 16.2. The molecule has 1 aromatic heterocycles. The van der Waals surface area contributed by atoms with Crippen LogP contribution >= 0.6 is 0 Å². The van der Waals surface area contributed by atoms with Gasteiger partial charge in [-0.2, -0.15) is 0 Å². The van der Waals surface area contributed by atoms with E-state index in [2.05, 4.69) is 16.8 Å². The van der Waals surface area contributed by atoms with Gasteiger partial charge in [-0.15, -0.1) is 0 Å². The topological polar surface area (TPSA) is 33.2 Å². The molecule has 24 heavy (non-hydrogen) atoms.